The number of para-hydroxylation sites is 1. The number of rotatable bonds is 7. The molecule has 4 heteroatoms. The van der Waals surface area contributed by atoms with Gasteiger partial charge in [-0.15, -0.1) is 0 Å². The Labute approximate surface area is 149 Å². The summed E-state index contributed by atoms with van der Waals surface area (Å²) in [6.07, 6.45) is 1.05. The summed E-state index contributed by atoms with van der Waals surface area (Å²) in [5.41, 5.74) is 3.12. The first-order chi connectivity index (χ1) is 12.3. The van der Waals surface area contributed by atoms with E-state index in [1.54, 1.807) is 0 Å². The molecule has 0 unspecified atom stereocenters. The quantitative estimate of drug-likeness (QED) is 0.652. The summed E-state index contributed by atoms with van der Waals surface area (Å²) in [6, 6.07) is 22.5. The van der Waals surface area contributed by atoms with Gasteiger partial charge in [-0.2, -0.15) is 4.98 Å². The molecule has 0 aliphatic heterocycles. The molecule has 0 bridgehead atoms. The topological polar surface area (TPSA) is 41.1 Å². The zero-order valence-corrected chi connectivity index (χ0v) is 14.8. The summed E-state index contributed by atoms with van der Waals surface area (Å²) in [5.74, 6) is 1.58. The van der Waals surface area contributed by atoms with Gasteiger partial charge in [0.05, 0.1) is 5.69 Å². The highest BCUT2D eigenvalue weighted by Gasteiger charge is 2.13. The van der Waals surface area contributed by atoms with Gasteiger partial charge in [-0.1, -0.05) is 55.5 Å². The van der Waals surface area contributed by atoms with Crippen LogP contribution in [0, 0.1) is 0 Å². The number of hydrogen-bond donors (Lipinski definition) is 1. The lowest BCUT2D eigenvalue weighted by Crippen LogP contribution is -2.19. The summed E-state index contributed by atoms with van der Waals surface area (Å²) in [7, 11) is 0. The predicted octanol–water partition coefficient (Wildman–Crippen LogP) is 5.12. The SMILES string of the molecule is CCCNc1cc(-c2ccccc2)nc(N(CC)c2ccccc2)n1. The Bertz CT molecular complexity index is 788. The maximum Gasteiger partial charge on any atom is 0.232 e. The molecule has 0 radical (unpaired) electrons. The van der Waals surface area contributed by atoms with Gasteiger partial charge in [-0.25, -0.2) is 4.98 Å². The Balaban J connectivity index is 2.05. The van der Waals surface area contributed by atoms with Crippen molar-refractivity contribution in [1.29, 1.82) is 0 Å². The normalized spacial score (nSPS) is 10.5. The zero-order valence-electron chi connectivity index (χ0n) is 14.8. The third-order valence-electron chi connectivity index (χ3n) is 3.97. The molecular weight excluding hydrogens is 308 g/mol. The molecule has 4 nitrogen and oxygen atoms in total. The van der Waals surface area contributed by atoms with E-state index in [-0.39, 0.29) is 0 Å². The average molecular weight is 332 g/mol. The van der Waals surface area contributed by atoms with Gasteiger partial charge in [0.2, 0.25) is 5.95 Å². The number of nitrogens with zero attached hydrogens (tertiary/aromatic N) is 3. The van der Waals surface area contributed by atoms with E-state index in [0.29, 0.717) is 5.95 Å². The van der Waals surface area contributed by atoms with Crippen molar-refractivity contribution >= 4 is 17.5 Å². The Morgan fingerprint density at radius 2 is 1.56 bits per heavy atom. The molecule has 3 aromatic rings. The minimum Gasteiger partial charge on any atom is -0.370 e. The molecule has 2 aromatic carbocycles. The van der Waals surface area contributed by atoms with Gasteiger partial charge in [0.15, 0.2) is 0 Å². The van der Waals surface area contributed by atoms with E-state index in [9.17, 15) is 0 Å². The second-order valence-corrected chi connectivity index (χ2v) is 5.81. The van der Waals surface area contributed by atoms with E-state index in [1.807, 2.05) is 42.5 Å². The van der Waals surface area contributed by atoms with Crippen LogP contribution < -0.4 is 10.2 Å². The number of nitrogens with one attached hydrogen (secondary N) is 1. The molecule has 0 aliphatic carbocycles. The second-order valence-electron chi connectivity index (χ2n) is 5.81. The highest BCUT2D eigenvalue weighted by molar-refractivity contribution is 5.67. The van der Waals surface area contributed by atoms with Crippen LogP contribution in [0.1, 0.15) is 20.3 Å². The van der Waals surface area contributed by atoms with Crippen molar-refractivity contribution in [3.63, 3.8) is 0 Å². The predicted molar refractivity (Wildman–Crippen MR) is 105 cm³/mol. The van der Waals surface area contributed by atoms with Crippen molar-refractivity contribution in [1.82, 2.24) is 9.97 Å². The molecule has 0 atom stereocenters. The number of aromatic nitrogens is 2. The van der Waals surface area contributed by atoms with Gasteiger partial charge in [-0.3, -0.25) is 0 Å². The molecule has 1 N–H and O–H groups in total. The Kier molecular flexibility index (Phi) is 5.62. The summed E-state index contributed by atoms with van der Waals surface area (Å²) < 4.78 is 0. The molecule has 0 aliphatic rings. The fourth-order valence-electron chi connectivity index (χ4n) is 2.70. The van der Waals surface area contributed by atoms with Crippen LogP contribution >= 0.6 is 0 Å². The third-order valence-corrected chi connectivity index (χ3v) is 3.97. The molecule has 25 heavy (non-hydrogen) atoms. The average Bonchev–Trinajstić information content (AvgIpc) is 2.68. The zero-order chi connectivity index (χ0) is 17.5. The highest BCUT2D eigenvalue weighted by atomic mass is 15.3. The van der Waals surface area contributed by atoms with Crippen molar-refractivity contribution in [2.75, 3.05) is 23.3 Å². The molecule has 0 fully saturated rings. The number of benzene rings is 2. The highest BCUT2D eigenvalue weighted by Crippen LogP contribution is 2.27. The lowest BCUT2D eigenvalue weighted by atomic mass is 10.1. The molecular formula is C21H24N4. The van der Waals surface area contributed by atoms with Crippen LogP contribution in [0.3, 0.4) is 0 Å². The van der Waals surface area contributed by atoms with E-state index < -0.39 is 0 Å². The van der Waals surface area contributed by atoms with Crippen LogP contribution in [-0.4, -0.2) is 23.1 Å². The van der Waals surface area contributed by atoms with Gasteiger partial charge in [0.1, 0.15) is 5.82 Å². The summed E-state index contributed by atoms with van der Waals surface area (Å²) in [6.45, 7) is 5.96. The van der Waals surface area contributed by atoms with Crippen molar-refractivity contribution in [3.05, 3.63) is 66.7 Å². The van der Waals surface area contributed by atoms with Crippen molar-refractivity contribution in [2.45, 2.75) is 20.3 Å². The van der Waals surface area contributed by atoms with Crippen molar-refractivity contribution < 1.29 is 0 Å². The minimum absolute atomic E-state index is 0.716. The number of hydrogen-bond acceptors (Lipinski definition) is 4. The Hall–Kier alpha value is -2.88. The van der Waals surface area contributed by atoms with Crippen LogP contribution in [0.25, 0.3) is 11.3 Å². The molecule has 0 saturated heterocycles. The first-order valence-corrected chi connectivity index (χ1v) is 8.82. The maximum absolute atomic E-state index is 4.83. The molecule has 0 amide bonds. The standard InChI is InChI=1S/C21H24N4/c1-3-15-22-20-16-19(17-11-7-5-8-12-17)23-21(24-20)25(4-2)18-13-9-6-10-14-18/h5-14,16H,3-4,15H2,1-2H3,(H,22,23,24). The first-order valence-electron chi connectivity index (χ1n) is 8.82. The monoisotopic (exact) mass is 332 g/mol. The Morgan fingerprint density at radius 1 is 0.880 bits per heavy atom. The molecule has 1 aromatic heterocycles. The maximum atomic E-state index is 4.83. The van der Waals surface area contributed by atoms with E-state index in [4.69, 9.17) is 9.97 Å². The third kappa shape index (κ3) is 4.15. The first kappa shape index (κ1) is 17.0. The van der Waals surface area contributed by atoms with Gasteiger partial charge < -0.3 is 10.2 Å². The van der Waals surface area contributed by atoms with Crippen LogP contribution in [0.5, 0.6) is 0 Å². The van der Waals surface area contributed by atoms with Crippen molar-refractivity contribution in [2.24, 2.45) is 0 Å². The van der Waals surface area contributed by atoms with Crippen LogP contribution in [0.2, 0.25) is 0 Å². The second kappa shape index (κ2) is 8.29. The van der Waals surface area contributed by atoms with Gasteiger partial charge in [0.25, 0.3) is 0 Å². The lowest BCUT2D eigenvalue weighted by molar-refractivity contribution is 0.931. The molecule has 0 saturated carbocycles. The fraction of sp³-hybridized carbons (Fsp3) is 0.238. The smallest absolute Gasteiger partial charge is 0.232 e. The van der Waals surface area contributed by atoms with Crippen LogP contribution in [-0.2, 0) is 0 Å². The molecule has 0 spiro atoms. The molecule has 1 heterocycles. The summed E-state index contributed by atoms with van der Waals surface area (Å²) >= 11 is 0. The molecule has 128 valence electrons. The summed E-state index contributed by atoms with van der Waals surface area (Å²) in [4.78, 5) is 11.7. The minimum atomic E-state index is 0.716. The van der Waals surface area contributed by atoms with Crippen LogP contribution in [0.15, 0.2) is 66.7 Å². The van der Waals surface area contributed by atoms with E-state index in [2.05, 4.69) is 48.3 Å². The van der Waals surface area contributed by atoms with E-state index in [0.717, 1.165) is 42.3 Å². The van der Waals surface area contributed by atoms with E-state index in [1.165, 1.54) is 0 Å². The number of anilines is 3. The van der Waals surface area contributed by atoms with Gasteiger partial charge >= 0.3 is 0 Å². The summed E-state index contributed by atoms with van der Waals surface area (Å²) in [5, 5.41) is 3.40. The van der Waals surface area contributed by atoms with Gasteiger partial charge in [-0.05, 0) is 25.5 Å². The fourth-order valence-corrected chi connectivity index (χ4v) is 2.70. The van der Waals surface area contributed by atoms with Crippen LogP contribution in [0.4, 0.5) is 17.5 Å². The Morgan fingerprint density at radius 3 is 2.20 bits per heavy atom. The van der Waals surface area contributed by atoms with Crippen molar-refractivity contribution in [3.8, 4) is 11.3 Å². The van der Waals surface area contributed by atoms with Gasteiger partial charge in [0, 0.05) is 30.4 Å². The molecule has 3 rings (SSSR count). The largest absolute Gasteiger partial charge is 0.370 e. The lowest BCUT2D eigenvalue weighted by Gasteiger charge is -2.22. The van der Waals surface area contributed by atoms with E-state index >= 15 is 0 Å².